The second-order valence-corrected chi connectivity index (χ2v) is 6.77. The summed E-state index contributed by atoms with van der Waals surface area (Å²) in [7, 11) is 0. The zero-order valence-corrected chi connectivity index (χ0v) is 13.3. The van der Waals surface area contributed by atoms with E-state index < -0.39 is 11.5 Å². The zero-order chi connectivity index (χ0) is 16.1. The van der Waals surface area contributed by atoms with Crippen LogP contribution in [0.15, 0.2) is 28.6 Å². The van der Waals surface area contributed by atoms with Crippen molar-refractivity contribution in [3.8, 4) is 0 Å². The summed E-state index contributed by atoms with van der Waals surface area (Å²) in [6.45, 7) is 5.63. The van der Waals surface area contributed by atoms with Crippen LogP contribution in [0.3, 0.4) is 0 Å². The lowest BCUT2D eigenvalue weighted by molar-refractivity contribution is -0.124. The third kappa shape index (κ3) is 2.02. The molecule has 0 saturated heterocycles. The molecule has 0 radical (unpaired) electrons. The lowest BCUT2D eigenvalue weighted by Gasteiger charge is -2.21. The quantitative estimate of drug-likeness (QED) is 0.914. The van der Waals surface area contributed by atoms with E-state index >= 15 is 0 Å². The van der Waals surface area contributed by atoms with Gasteiger partial charge in [0, 0.05) is 10.3 Å². The van der Waals surface area contributed by atoms with Crippen molar-refractivity contribution >= 4 is 39.1 Å². The lowest BCUT2D eigenvalue weighted by atomic mass is 9.89. The maximum Gasteiger partial charge on any atom is 0.336 e. The number of hydrogen-bond donors (Lipinski definition) is 2. The Hall–Kier alpha value is -2.21. The fraction of sp³-hybridized carbons (Fsp3) is 0.312. The van der Waals surface area contributed by atoms with E-state index in [1.54, 1.807) is 19.1 Å². The fourth-order valence-electron chi connectivity index (χ4n) is 2.50. The van der Waals surface area contributed by atoms with Gasteiger partial charge in [0.15, 0.2) is 0 Å². The molecule has 5 nitrogen and oxygen atoms in total. The Balaban J connectivity index is 2.26. The maximum absolute atomic E-state index is 12.3. The number of aliphatic imine (C=N–C) groups is 1. The molecule has 0 spiro atoms. The zero-order valence-electron chi connectivity index (χ0n) is 12.5. The van der Waals surface area contributed by atoms with Gasteiger partial charge in [0.1, 0.15) is 11.4 Å². The normalized spacial score (nSPS) is 21.3. The van der Waals surface area contributed by atoms with Crippen LogP contribution in [0.25, 0.3) is 10.1 Å². The van der Waals surface area contributed by atoms with Gasteiger partial charge < -0.3 is 10.4 Å². The number of amidine groups is 1. The second kappa shape index (κ2) is 4.91. The van der Waals surface area contributed by atoms with Crippen molar-refractivity contribution in [3.63, 3.8) is 0 Å². The van der Waals surface area contributed by atoms with Crippen LogP contribution < -0.4 is 5.32 Å². The summed E-state index contributed by atoms with van der Waals surface area (Å²) < 4.78 is 0.826. The highest BCUT2D eigenvalue weighted by atomic mass is 32.1. The van der Waals surface area contributed by atoms with E-state index in [1.807, 2.05) is 25.3 Å². The molecule has 1 aromatic heterocycles. The SMILES string of the molecule is CC(C)C1(C)N=C(c2c(C(=O)O)ccc3ccsc23)NC1=O. The van der Waals surface area contributed by atoms with Gasteiger partial charge in [-0.15, -0.1) is 11.3 Å². The molecule has 1 aliphatic heterocycles. The molecule has 22 heavy (non-hydrogen) atoms. The number of benzene rings is 1. The molecule has 114 valence electrons. The molecule has 2 aromatic rings. The summed E-state index contributed by atoms with van der Waals surface area (Å²) >= 11 is 1.45. The van der Waals surface area contributed by atoms with Crippen molar-refractivity contribution in [2.45, 2.75) is 26.3 Å². The van der Waals surface area contributed by atoms with Gasteiger partial charge in [-0.25, -0.2) is 4.79 Å². The molecule has 0 bridgehead atoms. The number of carboxylic acids is 1. The van der Waals surface area contributed by atoms with Crippen molar-refractivity contribution in [1.29, 1.82) is 0 Å². The Morgan fingerprint density at radius 2 is 2.09 bits per heavy atom. The molecule has 1 atom stereocenters. The van der Waals surface area contributed by atoms with Crippen LogP contribution in [0, 0.1) is 5.92 Å². The van der Waals surface area contributed by atoms with Gasteiger partial charge in [0.25, 0.3) is 5.91 Å². The third-order valence-corrected chi connectivity index (χ3v) is 5.20. The number of rotatable bonds is 3. The number of fused-ring (bicyclic) bond motifs is 1. The van der Waals surface area contributed by atoms with Crippen LogP contribution in [0.2, 0.25) is 0 Å². The van der Waals surface area contributed by atoms with Crippen molar-refractivity contribution in [1.82, 2.24) is 5.32 Å². The number of hydrogen-bond acceptors (Lipinski definition) is 4. The van der Waals surface area contributed by atoms with Gasteiger partial charge in [-0.3, -0.25) is 9.79 Å². The van der Waals surface area contributed by atoms with E-state index in [1.165, 1.54) is 11.3 Å². The summed E-state index contributed by atoms with van der Waals surface area (Å²) in [6, 6.07) is 5.26. The largest absolute Gasteiger partial charge is 0.478 e. The van der Waals surface area contributed by atoms with Gasteiger partial charge in [0.2, 0.25) is 0 Å². The van der Waals surface area contributed by atoms with Crippen LogP contribution in [0.5, 0.6) is 0 Å². The summed E-state index contributed by atoms with van der Waals surface area (Å²) in [5.74, 6) is -0.852. The van der Waals surface area contributed by atoms with Crippen LogP contribution in [-0.2, 0) is 4.79 Å². The minimum Gasteiger partial charge on any atom is -0.478 e. The minimum absolute atomic E-state index is 0.0146. The molecule has 1 unspecified atom stereocenters. The van der Waals surface area contributed by atoms with Crippen molar-refractivity contribution in [2.75, 3.05) is 0 Å². The highest BCUT2D eigenvalue weighted by molar-refractivity contribution is 7.17. The molecule has 1 aromatic carbocycles. The Morgan fingerprint density at radius 3 is 2.68 bits per heavy atom. The monoisotopic (exact) mass is 316 g/mol. The molecule has 0 saturated carbocycles. The predicted octanol–water partition coefficient (Wildman–Crippen LogP) is 2.89. The molecule has 0 fully saturated rings. The first-order valence-corrected chi connectivity index (χ1v) is 7.87. The highest BCUT2D eigenvalue weighted by Gasteiger charge is 2.43. The molecule has 2 heterocycles. The smallest absolute Gasteiger partial charge is 0.336 e. The Bertz CT molecular complexity index is 822. The van der Waals surface area contributed by atoms with Gasteiger partial charge >= 0.3 is 5.97 Å². The first-order valence-electron chi connectivity index (χ1n) is 6.99. The van der Waals surface area contributed by atoms with E-state index in [9.17, 15) is 14.7 Å². The minimum atomic E-state index is -1.03. The van der Waals surface area contributed by atoms with Gasteiger partial charge in [-0.1, -0.05) is 19.9 Å². The first-order chi connectivity index (χ1) is 10.3. The van der Waals surface area contributed by atoms with Crippen molar-refractivity contribution < 1.29 is 14.7 Å². The highest BCUT2D eigenvalue weighted by Crippen LogP contribution is 2.32. The average molecular weight is 316 g/mol. The van der Waals surface area contributed by atoms with E-state index in [0.29, 0.717) is 11.4 Å². The maximum atomic E-state index is 12.3. The number of carbonyl (C=O) groups is 2. The number of carbonyl (C=O) groups excluding carboxylic acids is 1. The second-order valence-electron chi connectivity index (χ2n) is 5.85. The number of thiophene rings is 1. The van der Waals surface area contributed by atoms with Gasteiger partial charge in [0.05, 0.1) is 5.56 Å². The average Bonchev–Trinajstić information content (AvgIpc) is 3.03. The molecular formula is C16H16N2O3S. The first kappa shape index (κ1) is 14.7. The Morgan fingerprint density at radius 1 is 1.36 bits per heavy atom. The van der Waals surface area contributed by atoms with Gasteiger partial charge in [-0.2, -0.15) is 0 Å². The Kier molecular flexibility index (Phi) is 3.29. The molecule has 2 N–H and O–H groups in total. The predicted molar refractivity (Wildman–Crippen MR) is 86.7 cm³/mol. The van der Waals surface area contributed by atoms with Crippen LogP contribution in [0.1, 0.15) is 36.7 Å². The van der Waals surface area contributed by atoms with Crippen molar-refractivity contribution in [3.05, 3.63) is 34.7 Å². The summed E-state index contributed by atoms with van der Waals surface area (Å²) in [5.41, 5.74) is -0.218. The Labute approximate surface area is 131 Å². The fourth-order valence-corrected chi connectivity index (χ4v) is 3.45. The van der Waals surface area contributed by atoms with E-state index in [-0.39, 0.29) is 17.4 Å². The third-order valence-electron chi connectivity index (χ3n) is 4.25. The number of nitrogens with one attached hydrogen (secondary N) is 1. The van der Waals surface area contributed by atoms with Crippen molar-refractivity contribution in [2.24, 2.45) is 10.9 Å². The lowest BCUT2D eigenvalue weighted by Crippen LogP contribution is -2.41. The van der Waals surface area contributed by atoms with Gasteiger partial charge in [-0.05, 0) is 35.7 Å². The molecule has 6 heteroatoms. The van der Waals surface area contributed by atoms with Crippen LogP contribution in [-0.4, -0.2) is 28.4 Å². The molecule has 1 amide bonds. The van der Waals surface area contributed by atoms with Crippen LogP contribution in [0.4, 0.5) is 0 Å². The number of nitrogens with zero attached hydrogens (tertiary/aromatic N) is 1. The molecule has 1 aliphatic rings. The number of amides is 1. The molecular weight excluding hydrogens is 300 g/mol. The topological polar surface area (TPSA) is 78.8 Å². The van der Waals surface area contributed by atoms with Crippen LogP contribution >= 0.6 is 11.3 Å². The summed E-state index contributed by atoms with van der Waals surface area (Å²) in [6.07, 6.45) is 0. The van der Waals surface area contributed by atoms with E-state index in [4.69, 9.17) is 0 Å². The number of carboxylic acid groups (broad SMARTS) is 1. The van der Waals surface area contributed by atoms with E-state index in [0.717, 1.165) is 10.1 Å². The standard InChI is InChI=1S/C16H16N2O3S/c1-8(2)16(3)15(21)17-13(18-16)11-10(14(19)20)5-4-9-6-7-22-12(9)11/h4-8H,1-3H3,(H,19,20)(H,17,18,21). The molecule has 0 aliphatic carbocycles. The molecule has 3 rings (SSSR count). The summed E-state index contributed by atoms with van der Waals surface area (Å²) in [5, 5.41) is 15.1. The number of aromatic carboxylic acids is 1. The van der Waals surface area contributed by atoms with E-state index in [2.05, 4.69) is 10.3 Å². The summed E-state index contributed by atoms with van der Waals surface area (Å²) in [4.78, 5) is 28.4.